The average Bonchev–Trinajstić information content (AvgIpc) is 2.52. The lowest BCUT2D eigenvalue weighted by molar-refractivity contribution is 0.399. The Kier molecular flexibility index (Phi) is 4.93. The van der Waals surface area contributed by atoms with E-state index >= 15 is 0 Å². The zero-order valence-corrected chi connectivity index (χ0v) is 13.0. The Morgan fingerprint density at radius 2 is 1.67 bits per heavy atom. The van der Waals surface area contributed by atoms with Crippen LogP contribution in [0.2, 0.25) is 0 Å². The van der Waals surface area contributed by atoms with Gasteiger partial charge in [0.1, 0.15) is 11.5 Å². The predicted molar refractivity (Wildman–Crippen MR) is 87.6 cm³/mol. The Morgan fingerprint density at radius 3 is 2.24 bits per heavy atom. The first-order chi connectivity index (χ1) is 10.1. The molecule has 0 fully saturated rings. The minimum absolute atomic E-state index is 0.682. The number of hydrogen-bond acceptors (Lipinski definition) is 4. The Balaban J connectivity index is 2.08. The van der Waals surface area contributed by atoms with Gasteiger partial charge in [0.05, 0.1) is 14.2 Å². The van der Waals surface area contributed by atoms with Crippen LogP contribution in [-0.2, 0) is 6.54 Å². The van der Waals surface area contributed by atoms with Crippen LogP contribution in [0, 0.1) is 0 Å². The first-order valence-corrected chi connectivity index (χ1v) is 6.86. The van der Waals surface area contributed by atoms with Crippen molar-refractivity contribution in [1.82, 2.24) is 0 Å². The second-order valence-corrected chi connectivity index (χ2v) is 4.97. The molecule has 4 heteroatoms. The molecule has 0 amide bonds. The molecule has 0 saturated carbocycles. The van der Waals surface area contributed by atoms with Crippen molar-refractivity contribution in [3.05, 3.63) is 48.0 Å². The minimum Gasteiger partial charge on any atom is -0.497 e. The highest BCUT2D eigenvalue weighted by Gasteiger charge is 2.05. The van der Waals surface area contributed by atoms with Crippen molar-refractivity contribution in [1.29, 1.82) is 0 Å². The standard InChI is InChI=1S/C17H22N2O2/c1-19(2)15-7-5-14(6-8-15)18-12-13-11-16(20-3)9-10-17(13)21-4/h5-11,18H,12H2,1-4H3. The Bertz CT molecular complexity index is 580. The number of anilines is 2. The monoisotopic (exact) mass is 286 g/mol. The molecule has 0 aliphatic rings. The van der Waals surface area contributed by atoms with Crippen molar-refractivity contribution >= 4 is 11.4 Å². The maximum Gasteiger partial charge on any atom is 0.124 e. The van der Waals surface area contributed by atoms with Gasteiger partial charge in [-0.05, 0) is 42.5 Å². The zero-order chi connectivity index (χ0) is 15.2. The molecule has 1 N–H and O–H groups in total. The number of benzene rings is 2. The van der Waals surface area contributed by atoms with Gasteiger partial charge in [-0.15, -0.1) is 0 Å². The molecule has 0 aliphatic carbocycles. The molecule has 0 unspecified atom stereocenters. The molecule has 4 nitrogen and oxygen atoms in total. The topological polar surface area (TPSA) is 33.7 Å². The smallest absolute Gasteiger partial charge is 0.124 e. The summed E-state index contributed by atoms with van der Waals surface area (Å²) in [6.45, 7) is 0.682. The summed E-state index contributed by atoms with van der Waals surface area (Å²) in [5.74, 6) is 1.68. The van der Waals surface area contributed by atoms with E-state index < -0.39 is 0 Å². The number of nitrogens with one attached hydrogen (secondary N) is 1. The second-order valence-electron chi connectivity index (χ2n) is 4.97. The summed E-state index contributed by atoms with van der Waals surface area (Å²) >= 11 is 0. The molecule has 0 bridgehead atoms. The predicted octanol–water partition coefficient (Wildman–Crippen LogP) is 3.38. The fraction of sp³-hybridized carbons (Fsp3) is 0.294. The van der Waals surface area contributed by atoms with Gasteiger partial charge < -0.3 is 19.7 Å². The number of ether oxygens (including phenoxy) is 2. The average molecular weight is 286 g/mol. The van der Waals surface area contributed by atoms with Crippen molar-refractivity contribution in [2.45, 2.75) is 6.54 Å². The van der Waals surface area contributed by atoms with Crippen LogP contribution >= 0.6 is 0 Å². The van der Waals surface area contributed by atoms with E-state index in [-0.39, 0.29) is 0 Å². The lowest BCUT2D eigenvalue weighted by Gasteiger charge is -2.14. The zero-order valence-electron chi connectivity index (χ0n) is 13.0. The summed E-state index contributed by atoms with van der Waals surface area (Å²) in [6, 6.07) is 14.1. The molecule has 112 valence electrons. The maximum absolute atomic E-state index is 5.38. The van der Waals surface area contributed by atoms with Crippen LogP contribution in [0.5, 0.6) is 11.5 Å². The normalized spacial score (nSPS) is 10.1. The first kappa shape index (κ1) is 15.0. The molecule has 21 heavy (non-hydrogen) atoms. The first-order valence-electron chi connectivity index (χ1n) is 6.86. The van der Waals surface area contributed by atoms with Crippen molar-refractivity contribution in [2.75, 3.05) is 38.5 Å². The summed E-state index contributed by atoms with van der Waals surface area (Å²) in [5, 5.41) is 3.40. The van der Waals surface area contributed by atoms with Crippen LogP contribution in [0.25, 0.3) is 0 Å². The van der Waals surface area contributed by atoms with E-state index in [0.717, 1.165) is 22.7 Å². The molecule has 2 aromatic rings. The van der Waals surface area contributed by atoms with Gasteiger partial charge in [0.25, 0.3) is 0 Å². The van der Waals surface area contributed by atoms with E-state index in [1.165, 1.54) is 5.69 Å². The molecule has 0 heterocycles. The molecular formula is C17H22N2O2. The lowest BCUT2D eigenvalue weighted by Crippen LogP contribution is -2.08. The van der Waals surface area contributed by atoms with Gasteiger partial charge in [0, 0.05) is 37.6 Å². The molecule has 2 aromatic carbocycles. The third-order valence-corrected chi connectivity index (χ3v) is 3.35. The van der Waals surface area contributed by atoms with Crippen LogP contribution < -0.4 is 19.7 Å². The SMILES string of the molecule is COc1ccc(OC)c(CNc2ccc(N(C)C)cc2)c1. The Labute approximate surface area is 126 Å². The van der Waals surface area contributed by atoms with E-state index in [0.29, 0.717) is 6.54 Å². The van der Waals surface area contributed by atoms with Crippen molar-refractivity contribution < 1.29 is 9.47 Å². The minimum atomic E-state index is 0.682. The Hall–Kier alpha value is -2.36. The highest BCUT2D eigenvalue weighted by Crippen LogP contribution is 2.25. The molecule has 0 radical (unpaired) electrons. The highest BCUT2D eigenvalue weighted by atomic mass is 16.5. The Morgan fingerprint density at radius 1 is 0.952 bits per heavy atom. The highest BCUT2D eigenvalue weighted by molar-refractivity contribution is 5.55. The van der Waals surface area contributed by atoms with Gasteiger partial charge in [-0.2, -0.15) is 0 Å². The van der Waals surface area contributed by atoms with Crippen LogP contribution in [0.1, 0.15) is 5.56 Å². The van der Waals surface area contributed by atoms with Gasteiger partial charge in [-0.3, -0.25) is 0 Å². The van der Waals surface area contributed by atoms with Crippen molar-refractivity contribution in [3.8, 4) is 11.5 Å². The maximum atomic E-state index is 5.38. The molecule has 0 spiro atoms. The number of hydrogen-bond donors (Lipinski definition) is 1. The summed E-state index contributed by atoms with van der Waals surface area (Å²) < 4.78 is 10.6. The third-order valence-electron chi connectivity index (χ3n) is 3.35. The molecule has 2 rings (SSSR count). The lowest BCUT2D eigenvalue weighted by atomic mass is 10.1. The second kappa shape index (κ2) is 6.88. The van der Waals surface area contributed by atoms with Crippen LogP contribution in [0.3, 0.4) is 0 Å². The van der Waals surface area contributed by atoms with E-state index in [4.69, 9.17) is 9.47 Å². The third kappa shape index (κ3) is 3.81. The summed E-state index contributed by atoms with van der Waals surface area (Å²) in [4.78, 5) is 2.08. The fourth-order valence-corrected chi connectivity index (χ4v) is 2.09. The number of nitrogens with zero attached hydrogens (tertiary/aromatic N) is 1. The molecular weight excluding hydrogens is 264 g/mol. The summed E-state index contributed by atoms with van der Waals surface area (Å²) in [7, 11) is 7.41. The van der Waals surface area contributed by atoms with Gasteiger partial charge in [-0.25, -0.2) is 0 Å². The molecule has 0 aliphatic heterocycles. The van der Waals surface area contributed by atoms with Gasteiger partial charge in [0.15, 0.2) is 0 Å². The number of methoxy groups -OCH3 is 2. The summed E-state index contributed by atoms with van der Waals surface area (Å²) in [6.07, 6.45) is 0. The number of rotatable bonds is 6. The van der Waals surface area contributed by atoms with E-state index in [9.17, 15) is 0 Å². The van der Waals surface area contributed by atoms with E-state index in [1.54, 1.807) is 14.2 Å². The largest absolute Gasteiger partial charge is 0.497 e. The molecule has 0 aromatic heterocycles. The fourth-order valence-electron chi connectivity index (χ4n) is 2.09. The summed E-state index contributed by atoms with van der Waals surface area (Å²) in [5.41, 5.74) is 3.32. The van der Waals surface area contributed by atoms with Crippen molar-refractivity contribution in [2.24, 2.45) is 0 Å². The van der Waals surface area contributed by atoms with Gasteiger partial charge in [0.2, 0.25) is 0 Å². The van der Waals surface area contributed by atoms with E-state index in [1.807, 2.05) is 32.3 Å². The van der Waals surface area contributed by atoms with Crippen LogP contribution in [0.4, 0.5) is 11.4 Å². The van der Waals surface area contributed by atoms with Gasteiger partial charge >= 0.3 is 0 Å². The molecule has 0 atom stereocenters. The van der Waals surface area contributed by atoms with E-state index in [2.05, 4.69) is 34.5 Å². The quantitative estimate of drug-likeness (QED) is 0.882. The van der Waals surface area contributed by atoms with Gasteiger partial charge in [-0.1, -0.05) is 0 Å². The van der Waals surface area contributed by atoms with Crippen molar-refractivity contribution in [3.63, 3.8) is 0 Å². The van der Waals surface area contributed by atoms with Crippen LogP contribution in [-0.4, -0.2) is 28.3 Å². The molecule has 0 saturated heterocycles. The van der Waals surface area contributed by atoms with Crippen LogP contribution in [0.15, 0.2) is 42.5 Å².